The summed E-state index contributed by atoms with van der Waals surface area (Å²) in [5.41, 5.74) is -0.791. The van der Waals surface area contributed by atoms with E-state index in [2.05, 4.69) is 5.32 Å². The first-order valence-electron chi connectivity index (χ1n) is 5.65. The van der Waals surface area contributed by atoms with Crippen LogP contribution in [0.15, 0.2) is 18.2 Å². The fraction of sp³-hybridized carbons (Fsp3) is 0.500. The second kappa shape index (κ2) is 5.24. The maximum absolute atomic E-state index is 13.5. The van der Waals surface area contributed by atoms with Gasteiger partial charge < -0.3 is 10.1 Å². The van der Waals surface area contributed by atoms with E-state index in [-0.39, 0.29) is 18.1 Å². The van der Waals surface area contributed by atoms with E-state index in [1.165, 1.54) is 0 Å². The van der Waals surface area contributed by atoms with Crippen molar-refractivity contribution in [3.63, 3.8) is 0 Å². The zero-order valence-electron chi connectivity index (χ0n) is 9.56. The molecule has 1 fully saturated rings. The van der Waals surface area contributed by atoms with Gasteiger partial charge in [-0.3, -0.25) is 0 Å². The molecule has 1 N–H and O–H groups in total. The van der Waals surface area contributed by atoms with E-state index in [4.69, 9.17) is 4.74 Å². The highest BCUT2D eigenvalue weighted by molar-refractivity contribution is 5.27. The zero-order chi connectivity index (χ0) is 13.2. The highest BCUT2D eigenvalue weighted by atomic mass is 19.4. The molecule has 0 amide bonds. The van der Waals surface area contributed by atoms with Crippen molar-refractivity contribution in [2.24, 2.45) is 0 Å². The van der Waals surface area contributed by atoms with Gasteiger partial charge in [0.15, 0.2) is 0 Å². The normalized spacial score (nSPS) is 21.0. The largest absolute Gasteiger partial charge is 0.416 e. The molecule has 0 aromatic heterocycles. The van der Waals surface area contributed by atoms with Gasteiger partial charge in [-0.2, -0.15) is 13.2 Å². The fourth-order valence-electron chi connectivity index (χ4n) is 1.90. The number of halogens is 4. The van der Waals surface area contributed by atoms with Crippen molar-refractivity contribution in [1.82, 2.24) is 5.32 Å². The van der Waals surface area contributed by atoms with Crippen LogP contribution in [0.4, 0.5) is 17.6 Å². The highest BCUT2D eigenvalue weighted by Crippen LogP contribution is 2.30. The summed E-state index contributed by atoms with van der Waals surface area (Å²) in [6, 6.07) is 2.46. The Morgan fingerprint density at radius 1 is 1.33 bits per heavy atom. The standard InChI is InChI=1S/C12H13F4NO/c13-11-2-1-9(12(14,15)16)5-8(11)6-10-7-17-3-4-18-10/h1-2,5,10,17H,3-4,6-7H2/t10-/m1/s1. The summed E-state index contributed by atoms with van der Waals surface area (Å²) in [4.78, 5) is 0. The number of benzene rings is 1. The molecule has 100 valence electrons. The molecule has 0 bridgehead atoms. The molecule has 1 aliphatic rings. The molecule has 2 nitrogen and oxygen atoms in total. The molecule has 18 heavy (non-hydrogen) atoms. The van der Waals surface area contributed by atoms with Crippen LogP contribution in [0.5, 0.6) is 0 Å². The molecule has 0 unspecified atom stereocenters. The third-order valence-corrected chi connectivity index (χ3v) is 2.83. The first-order chi connectivity index (χ1) is 8.47. The Morgan fingerprint density at radius 3 is 2.72 bits per heavy atom. The summed E-state index contributed by atoms with van der Waals surface area (Å²) >= 11 is 0. The second-order valence-electron chi connectivity index (χ2n) is 4.20. The molecule has 1 aromatic rings. The Hall–Kier alpha value is -1.14. The van der Waals surface area contributed by atoms with Gasteiger partial charge in [0.05, 0.1) is 18.3 Å². The molecule has 2 rings (SSSR count). The quantitative estimate of drug-likeness (QED) is 0.827. The lowest BCUT2D eigenvalue weighted by Gasteiger charge is -2.24. The van der Waals surface area contributed by atoms with E-state index in [9.17, 15) is 17.6 Å². The lowest BCUT2D eigenvalue weighted by atomic mass is 10.0. The van der Waals surface area contributed by atoms with E-state index in [1.807, 2.05) is 0 Å². The smallest absolute Gasteiger partial charge is 0.375 e. The van der Waals surface area contributed by atoms with Gasteiger partial charge in [0.2, 0.25) is 0 Å². The number of hydrogen-bond acceptors (Lipinski definition) is 2. The van der Waals surface area contributed by atoms with Gasteiger partial charge in [0.25, 0.3) is 0 Å². The summed E-state index contributed by atoms with van der Waals surface area (Å²) in [5, 5.41) is 3.05. The van der Waals surface area contributed by atoms with Crippen LogP contribution in [0.25, 0.3) is 0 Å². The Bertz CT molecular complexity index is 413. The first-order valence-corrected chi connectivity index (χ1v) is 5.65. The van der Waals surface area contributed by atoms with Crippen LogP contribution in [0.2, 0.25) is 0 Å². The minimum atomic E-state index is -4.45. The molecule has 1 aliphatic heterocycles. The first kappa shape index (κ1) is 13.3. The summed E-state index contributed by atoms with van der Waals surface area (Å²) in [7, 11) is 0. The molecule has 1 saturated heterocycles. The summed E-state index contributed by atoms with van der Waals surface area (Å²) in [6.45, 7) is 1.72. The molecule has 1 aromatic carbocycles. The second-order valence-corrected chi connectivity index (χ2v) is 4.20. The molecule has 0 spiro atoms. The van der Waals surface area contributed by atoms with Crippen molar-refractivity contribution < 1.29 is 22.3 Å². The zero-order valence-corrected chi connectivity index (χ0v) is 9.56. The van der Waals surface area contributed by atoms with Crippen LogP contribution in [-0.4, -0.2) is 25.8 Å². The van der Waals surface area contributed by atoms with Crippen LogP contribution in [0.1, 0.15) is 11.1 Å². The van der Waals surface area contributed by atoms with E-state index in [0.29, 0.717) is 19.7 Å². The predicted molar refractivity (Wildman–Crippen MR) is 57.7 cm³/mol. The summed E-state index contributed by atoms with van der Waals surface area (Å²) in [6.07, 6.45) is -4.59. The van der Waals surface area contributed by atoms with Gasteiger partial charge in [-0.25, -0.2) is 4.39 Å². The third-order valence-electron chi connectivity index (χ3n) is 2.83. The van der Waals surface area contributed by atoms with Crippen molar-refractivity contribution in [2.45, 2.75) is 18.7 Å². The van der Waals surface area contributed by atoms with E-state index < -0.39 is 17.6 Å². The lowest BCUT2D eigenvalue weighted by molar-refractivity contribution is -0.137. The van der Waals surface area contributed by atoms with Gasteiger partial charge in [-0.15, -0.1) is 0 Å². The Balaban J connectivity index is 2.15. The Kier molecular flexibility index (Phi) is 3.87. The van der Waals surface area contributed by atoms with Crippen LogP contribution < -0.4 is 5.32 Å². The van der Waals surface area contributed by atoms with Crippen LogP contribution in [0.3, 0.4) is 0 Å². The molecular formula is C12H13F4NO. The molecular weight excluding hydrogens is 250 g/mol. The summed E-state index contributed by atoms with van der Waals surface area (Å²) in [5.74, 6) is -0.628. The number of hydrogen-bond donors (Lipinski definition) is 1. The van der Waals surface area contributed by atoms with Gasteiger partial charge in [-0.1, -0.05) is 0 Å². The third kappa shape index (κ3) is 3.20. The van der Waals surface area contributed by atoms with Crippen LogP contribution in [0, 0.1) is 5.82 Å². The molecule has 0 radical (unpaired) electrons. The Labute approximate surface area is 102 Å². The number of alkyl halides is 3. The average Bonchev–Trinajstić information content (AvgIpc) is 2.32. The molecule has 6 heteroatoms. The predicted octanol–water partition coefficient (Wildman–Crippen LogP) is 2.38. The minimum Gasteiger partial charge on any atom is -0.375 e. The number of rotatable bonds is 2. The van der Waals surface area contributed by atoms with Gasteiger partial charge >= 0.3 is 6.18 Å². The highest BCUT2D eigenvalue weighted by Gasteiger charge is 2.31. The fourth-order valence-corrected chi connectivity index (χ4v) is 1.90. The molecule has 1 atom stereocenters. The summed E-state index contributed by atoms with van der Waals surface area (Å²) < 4.78 is 56.4. The van der Waals surface area contributed by atoms with Crippen molar-refractivity contribution in [2.75, 3.05) is 19.7 Å². The van der Waals surface area contributed by atoms with Gasteiger partial charge in [0, 0.05) is 19.5 Å². The maximum Gasteiger partial charge on any atom is 0.416 e. The van der Waals surface area contributed by atoms with Crippen LogP contribution >= 0.6 is 0 Å². The van der Waals surface area contributed by atoms with Gasteiger partial charge in [0.1, 0.15) is 5.82 Å². The Morgan fingerprint density at radius 2 is 2.11 bits per heavy atom. The monoisotopic (exact) mass is 263 g/mol. The van der Waals surface area contributed by atoms with E-state index in [1.54, 1.807) is 0 Å². The van der Waals surface area contributed by atoms with Crippen molar-refractivity contribution >= 4 is 0 Å². The number of morpholine rings is 1. The minimum absolute atomic E-state index is 0.0403. The molecule has 0 saturated carbocycles. The van der Waals surface area contributed by atoms with Crippen molar-refractivity contribution in [1.29, 1.82) is 0 Å². The van der Waals surface area contributed by atoms with E-state index in [0.717, 1.165) is 18.2 Å². The number of ether oxygens (including phenoxy) is 1. The van der Waals surface area contributed by atoms with E-state index >= 15 is 0 Å². The van der Waals surface area contributed by atoms with Crippen molar-refractivity contribution in [3.05, 3.63) is 35.1 Å². The van der Waals surface area contributed by atoms with Gasteiger partial charge in [-0.05, 0) is 23.8 Å². The topological polar surface area (TPSA) is 21.3 Å². The molecule has 0 aliphatic carbocycles. The molecule has 1 heterocycles. The maximum atomic E-state index is 13.5. The number of nitrogens with one attached hydrogen (secondary N) is 1. The average molecular weight is 263 g/mol. The van der Waals surface area contributed by atoms with Crippen molar-refractivity contribution in [3.8, 4) is 0 Å². The van der Waals surface area contributed by atoms with Crippen LogP contribution in [-0.2, 0) is 17.3 Å². The SMILES string of the molecule is Fc1ccc(C(F)(F)F)cc1C[C@@H]1CNCCO1. The lowest BCUT2D eigenvalue weighted by Crippen LogP contribution is -2.39.